The number of nitrogens with one attached hydrogen (secondary N) is 1. The fourth-order valence-corrected chi connectivity index (χ4v) is 5.22. The van der Waals surface area contributed by atoms with Crippen LogP contribution in [0.5, 0.6) is 0 Å². The maximum absolute atomic E-state index is 14.5. The highest BCUT2D eigenvalue weighted by Gasteiger charge is 2.41. The Balaban J connectivity index is 1.31. The van der Waals surface area contributed by atoms with Crippen LogP contribution in [0.25, 0.3) is 0 Å². The maximum Gasteiger partial charge on any atom is 0.255 e. The van der Waals surface area contributed by atoms with E-state index in [1.165, 1.54) is 29.3 Å². The first-order chi connectivity index (χ1) is 15.9. The quantitative estimate of drug-likeness (QED) is 0.718. The van der Waals surface area contributed by atoms with Crippen LogP contribution in [0.2, 0.25) is 0 Å². The van der Waals surface area contributed by atoms with E-state index < -0.39 is 17.8 Å². The van der Waals surface area contributed by atoms with Crippen molar-refractivity contribution in [2.75, 3.05) is 13.1 Å². The number of imide groups is 1. The molecule has 0 aliphatic carbocycles. The Hall–Kier alpha value is -3.20. The van der Waals surface area contributed by atoms with Crippen molar-refractivity contribution < 1.29 is 23.2 Å². The van der Waals surface area contributed by atoms with Gasteiger partial charge in [0.25, 0.3) is 5.91 Å². The van der Waals surface area contributed by atoms with Crippen LogP contribution in [0.1, 0.15) is 58.6 Å². The summed E-state index contributed by atoms with van der Waals surface area (Å²) >= 11 is 0. The van der Waals surface area contributed by atoms with Crippen molar-refractivity contribution in [3.8, 4) is 0 Å². The number of carbonyl (C=O) groups excluding carboxylic acids is 3. The molecule has 5 rings (SSSR count). The van der Waals surface area contributed by atoms with E-state index in [9.17, 15) is 23.2 Å². The monoisotopic (exact) mass is 454 g/mol. The standard InChI is InChI=1S/C24H24F2N4O3/c25-16-8-18(15-3-5-29(6-4-15)12-14-7-17(26)11-27-10-14)20-13-30(24(33)19(20)9-16)21-1-2-22(31)28-23(21)32/h7-11,15,21H,1-6,12-13H2,(H,28,31,32). The number of nitrogens with zero attached hydrogens (tertiary/aromatic N) is 3. The molecule has 0 saturated carbocycles. The fraction of sp³-hybridized carbons (Fsp3) is 0.417. The molecule has 172 valence electrons. The maximum atomic E-state index is 14.5. The number of likely N-dealkylation sites (tertiary alicyclic amines) is 1. The number of pyridine rings is 1. The van der Waals surface area contributed by atoms with Crippen molar-refractivity contribution in [3.63, 3.8) is 0 Å². The van der Waals surface area contributed by atoms with Gasteiger partial charge in [0, 0.05) is 31.3 Å². The lowest BCUT2D eigenvalue weighted by molar-refractivity contribution is -0.136. The molecule has 1 atom stereocenters. The average Bonchev–Trinajstić information content (AvgIpc) is 3.10. The lowest BCUT2D eigenvalue weighted by Gasteiger charge is -2.33. The van der Waals surface area contributed by atoms with Crippen molar-refractivity contribution >= 4 is 17.7 Å². The van der Waals surface area contributed by atoms with E-state index in [1.54, 1.807) is 6.20 Å². The molecular formula is C24H24F2N4O3. The van der Waals surface area contributed by atoms with Crippen LogP contribution in [-0.2, 0) is 22.7 Å². The van der Waals surface area contributed by atoms with Gasteiger partial charge >= 0.3 is 0 Å². The van der Waals surface area contributed by atoms with E-state index >= 15 is 0 Å². The first-order valence-corrected chi connectivity index (χ1v) is 11.2. The lowest BCUT2D eigenvalue weighted by atomic mass is 9.85. The van der Waals surface area contributed by atoms with Gasteiger partial charge in [-0.05, 0) is 73.2 Å². The number of hydrogen-bond acceptors (Lipinski definition) is 5. The van der Waals surface area contributed by atoms with Gasteiger partial charge in [-0.2, -0.15) is 0 Å². The Labute approximate surface area is 189 Å². The number of amides is 3. The smallest absolute Gasteiger partial charge is 0.255 e. The molecule has 3 amide bonds. The zero-order chi connectivity index (χ0) is 23.1. The van der Waals surface area contributed by atoms with E-state index in [2.05, 4.69) is 15.2 Å². The van der Waals surface area contributed by atoms with Gasteiger partial charge in [0.2, 0.25) is 11.8 Å². The lowest BCUT2D eigenvalue weighted by Crippen LogP contribution is -2.52. The summed E-state index contributed by atoms with van der Waals surface area (Å²) in [6.45, 7) is 2.36. The van der Waals surface area contributed by atoms with Gasteiger partial charge in [-0.25, -0.2) is 8.78 Å². The Bertz CT molecular complexity index is 1130. The molecule has 33 heavy (non-hydrogen) atoms. The number of benzene rings is 1. The molecule has 3 aliphatic rings. The summed E-state index contributed by atoms with van der Waals surface area (Å²) in [5.41, 5.74) is 2.72. The molecule has 2 saturated heterocycles. The summed E-state index contributed by atoms with van der Waals surface area (Å²) in [6.07, 6.45) is 4.85. The minimum atomic E-state index is -0.722. The molecule has 3 aliphatic heterocycles. The number of halogens is 2. The molecule has 0 bridgehead atoms. The van der Waals surface area contributed by atoms with Crippen molar-refractivity contribution in [3.05, 3.63) is 64.5 Å². The molecule has 0 radical (unpaired) electrons. The van der Waals surface area contributed by atoms with Gasteiger partial charge in [-0.3, -0.25) is 29.6 Å². The normalized spacial score (nSPS) is 21.9. The molecule has 2 aromatic rings. The predicted octanol–water partition coefficient (Wildman–Crippen LogP) is 2.50. The predicted molar refractivity (Wildman–Crippen MR) is 114 cm³/mol. The molecule has 1 N–H and O–H groups in total. The molecular weight excluding hydrogens is 430 g/mol. The Morgan fingerprint density at radius 3 is 2.52 bits per heavy atom. The molecule has 4 heterocycles. The molecule has 0 spiro atoms. The van der Waals surface area contributed by atoms with Gasteiger partial charge in [0.05, 0.1) is 6.20 Å². The van der Waals surface area contributed by atoms with E-state index in [4.69, 9.17) is 0 Å². The number of fused-ring (bicyclic) bond motifs is 1. The second-order valence-electron chi connectivity index (χ2n) is 8.98. The molecule has 1 aromatic heterocycles. The first kappa shape index (κ1) is 21.6. The van der Waals surface area contributed by atoms with Gasteiger partial charge in [-0.1, -0.05) is 0 Å². The molecule has 2 fully saturated rings. The van der Waals surface area contributed by atoms with E-state index in [0.717, 1.165) is 42.6 Å². The van der Waals surface area contributed by atoms with E-state index in [0.29, 0.717) is 12.1 Å². The average molecular weight is 454 g/mol. The van der Waals surface area contributed by atoms with E-state index in [-0.39, 0.29) is 42.9 Å². The van der Waals surface area contributed by atoms with Crippen molar-refractivity contribution in [2.45, 2.75) is 50.7 Å². The molecule has 7 nitrogen and oxygen atoms in total. The van der Waals surface area contributed by atoms with Gasteiger partial charge in [-0.15, -0.1) is 0 Å². The SMILES string of the molecule is O=C1CCC(N2Cc3c(cc(F)cc3C3CCN(Cc4cncc(F)c4)CC3)C2=O)C(=O)N1. The third-order valence-corrected chi connectivity index (χ3v) is 6.85. The third-order valence-electron chi connectivity index (χ3n) is 6.85. The van der Waals surface area contributed by atoms with Gasteiger partial charge in [0.15, 0.2) is 0 Å². The van der Waals surface area contributed by atoms with Crippen LogP contribution >= 0.6 is 0 Å². The minimum Gasteiger partial charge on any atom is -0.322 e. The third kappa shape index (κ3) is 4.25. The summed E-state index contributed by atoms with van der Waals surface area (Å²) < 4.78 is 27.9. The highest BCUT2D eigenvalue weighted by molar-refractivity contribution is 6.05. The zero-order valence-corrected chi connectivity index (χ0v) is 18.0. The second kappa shape index (κ2) is 8.62. The number of rotatable bonds is 4. The largest absolute Gasteiger partial charge is 0.322 e. The van der Waals surface area contributed by atoms with Crippen LogP contribution in [0, 0.1) is 11.6 Å². The summed E-state index contributed by atoms with van der Waals surface area (Å²) in [5.74, 6) is -1.91. The van der Waals surface area contributed by atoms with Crippen LogP contribution < -0.4 is 5.32 Å². The summed E-state index contributed by atoms with van der Waals surface area (Å²) in [5, 5.41) is 2.29. The van der Waals surface area contributed by atoms with Crippen LogP contribution in [-0.4, -0.2) is 51.6 Å². The van der Waals surface area contributed by atoms with Gasteiger partial charge in [0.1, 0.15) is 17.7 Å². The Morgan fingerprint density at radius 2 is 1.79 bits per heavy atom. The minimum absolute atomic E-state index is 0.0887. The summed E-state index contributed by atoms with van der Waals surface area (Å²) in [6, 6.07) is 3.52. The highest BCUT2D eigenvalue weighted by Crippen LogP contribution is 2.38. The van der Waals surface area contributed by atoms with Crippen LogP contribution in [0.15, 0.2) is 30.6 Å². The number of piperidine rings is 2. The molecule has 9 heteroatoms. The van der Waals surface area contributed by atoms with Crippen LogP contribution in [0.4, 0.5) is 8.78 Å². The Morgan fingerprint density at radius 1 is 1.00 bits per heavy atom. The van der Waals surface area contributed by atoms with Crippen LogP contribution in [0.3, 0.4) is 0 Å². The van der Waals surface area contributed by atoms with Crippen molar-refractivity contribution in [1.29, 1.82) is 0 Å². The van der Waals surface area contributed by atoms with Crippen molar-refractivity contribution in [2.24, 2.45) is 0 Å². The fourth-order valence-electron chi connectivity index (χ4n) is 5.22. The summed E-state index contributed by atoms with van der Waals surface area (Å²) in [7, 11) is 0. The van der Waals surface area contributed by atoms with Crippen molar-refractivity contribution in [1.82, 2.24) is 20.1 Å². The number of carbonyl (C=O) groups is 3. The second-order valence-corrected chi connectivity index (χ2v) is 8.98. The number of hydrogen-bond donors (Lipinski definition) is 1. The Kier molecular flexibility index (Phi) is 5.65. The van der Waals surface area contributed by atoms with E-state index in [1.807, 2.05) is 0 Å². The summed E-state index contributed by atoms with van der Waals surface area (Å²) in [4.78, 5) is 44.4. The number of aromatic nitrogens is 1. The van der Waals surface area contributed by atoms with Gasteiger partial charge < -0.3 is 4.90 Å². The highest BCUT2D eigenvalue weighted by atomic mass is 19.1. The molecule has 1 aromatic carbocycles. The zero-order valence-electron chi connectivity index (χ0n) is 18.0. The topological polar surface area (TPSA) is 82.6 Å². The first-order valence-electron chi connectivity index (χ1n) is 11.2. The molecule has 1 unspecified atom stereocenters.